The van der Waals surface area contributed by atoms with Gasteiger partial charge in [0, 0.05) is 25.6 Å². The quantitative estimate of drug-likeness (QED) is 0.572. The van der Waals surface area contributed by atoms with Crippen molar-refractivity contribution in [1.29, 1.82) is 0 Å². The number of aromatic nitrogens is 8. The third-order valence-corrected chi connectivity index (χ3v) is 4.42. The van der Waals surface area contributed by atoms with Crippen LogP contribution in [-0.4, -0.2) is 59.3 Å². The number of anilines is 2. The highest BCUT2D eigenvalue weighted by Crippen LogP contribution is 2.23. The van der Waals surface area contributed by atoms with Crippen molar-refractivity contribution in [2.24, 2.45) is 5.92 Å². The molecule has 1 fully saturated rings. The SMILES string of the molecule is Cc1nnc2ccc(NCC3CN(c4ccc5nncn5n4)C3)nn12. The summed E-state index contributed by atoms with van der Waals surface area (Å²) in [6, 6.07) is 7.77. The molecule has 126 valence electrons. The van der Waals surface area contributed by atoms with Crippen LogP contribution in [0.4, 0.5) is 11.6 Å². The van der Waals surface area contributed by atoms with Crippen molar-refractivity contribution in [3.63, 3.8) is 0 Å². The second-order valence-corrected chi connectivity index (χ2v) is 6.21. The summed E-state index contributed by atoms with van der Waals surface area (Å²) in [5, 5.41) is 28.3. The van der Waals surface area contributed by atoms with Crippen LogP contribution in [0.25, 0.3) is 11.3 Å². The van der Waals surface area contributed by atoms with E-state index in [9.17, 15) is 0 Å². The zero-order chi connectivity index (χ0) is 16.8. The lowest BCUT2D eigenvalue weighted by atomic mass is 10.0. The third kappa shape index (κ3) is 2.42. The fourth-order valence-corrected chi connectivity index (χ4v) is 3.01. The minimum atomic E-state index is 0.554. The first kappa shape index (κ1) is 14.1. The van der Waals surface area contributed by atoms with Gasteiger partial charge in [0.05, 0.1) is 0 Å². The van der Waals surface area contributed by atoms with Gasteiger partial charge in [-0.3, -0.25) is 0 Å². The summed E-state index contributed by atoms with van der Waals surface area (Å²) >= 11 is 0. The van der Waals surface area contributed by atoms with Crippen LogP contribution in [0.15, 0.2) is 30.6 Å². The van der Waals surface area contributed by atoms with Crippen molar-refractivity contribution in [2.75, 3.05) is 29.9 Å². The second kappa shape index (κ2) is 5.36. The average Bonchev–Trinajstić information content (AvgIpc) is 3.20. The van der Waals surface area contributed by atoms with Crippen LogP contribution in [0.1, 0.15) is 5.82 Å². The maximum Gasteiger partial charge on any atom is 0.178 e. The molecule has 5 rings (SSSR count). The standard InChI is InChI=1S/C15H16N10/c1-10-18-20-14-3-2-12(21-25(10)14)16-6-11-7-23(8-11)15-5-4-13-19-17-9-24(13)22-15/h2-5,9,11H,6-8H2,1H3,(H,16,21). The Balaban J connectivity index is 1.21. The summed E-state index contributed by atoms with van der Waals surface area (Å²) in [5.74, 6) is 3.11. The van der Waals surface area contributed by atoms with Gasteiger partial charge in [0.25, 0.3) is 0 Å². The van der Waals surface area contributed by atoms with E-state index in [0.717, 1.165) is 48.4 Å². The maximum absolute atomic E-state index is 4.52. The Morgan fingerprint density at radius 3 is 2.84 bits per heavy atom. The Morgan fingerprint density at radius 2 is 1.92 bits per heavy atom. The molecule has 0 atom stereocenters. The Bertz CT molecular complexity index is 1040. The van der Waals surface area contributed by atoms with Crippen molar-refractivity contribution in [3.8, 4) is 0 Å². The molecule has 10 heteroatoms. The van der Waals surface area contributed by atoms with Crippen LogP contribution in [0.2, 0.25) is 0 Å². The molecule has 4 aromatic rings. The van der Waals surface area contributed by atoms with Crippen molar-refractivity contribution in [3.05, 3.63) is 36.4 Å². The number of hydrogen-bond donors (Lipinski definition) is 1. The molecule has 0 saturated carbocycles. The highest BCUT2D eigenvalue weighted by molar-refractivity contribution is 5.47. The topological polar surface area (TPSA) is 101 Å². The smallest absolute Gasteiger partial charge is 0.178 e. The minimum Gasteiger partial charge on any atom is -0.368 e. The molecule has 0 bridgehead atoms. The zero-order valence-corrected chi connectivity index (χ0v) is 13.6. The van der Waals surface area contributed by atoms with Gasteiger partial charge in [0.2, 0.25) is 0 Å². The molecule has 1 saturated heterocycles. The predicted octanol–water partition coefficient (Wildman–Crippen LogP) is 0.419. The van der Waals surface area contributed by atoms with E-state index in [-0.39, 0.29) is 0 Å². The lowest BCUT2D eigenvalue weighted by Crippen LogP contribution is -2.50. The summed E-state index contributed by atoms with van der Waals surface area (Å²) < 4.78 is 3.44. The molecule has 0 amide bonds. The van der Waals surface area contributed by atoms with Gasteiger partial charge in [-0.15, -0.1) is 30.6 Å². The van der Waals surface area contributed by atoms with Crippen molar-refractivity contribution < 1.29 is 0 Å². The van der Waals surface area contributed by atoms with E-state index in [1.807, 2.05) is 31.2 Å². The molecule has 0 aliphatic carbocycles. The number of hydrogen-bond acceptors (Lipinski definition) is 8. The summed E-state index contributed by atoms with van der Waals surface area (Å²) in [6.07, 6.45) is 1.62. The van der Waals surface area contributed by atoms with Gasteiger partial charge in [0.15, 0.2) is 17.1 Å². The summed E-state index contributed by atoms with van der Waals surface area (Å²) in [6.45, 7) is 4.67. The van der Waals surface area contributed by atoms with Gasteiger partial charge in [-0.1, -0.05) is 0 Å². The molecule has 25 heavy (non-hydrogen) atoms. The number of fused-ring (bicyclic) bond motifs is 2. The first-order valence-corrected chi connectivity index (χ1v) is 8.11. The molecule has 0 spiro atoms. The molecular weight excluding hydrogens is 320 g/mol. The van der Waals surface area contributed by atoms with Gasteiger partial charge in [-0.05, 0) is 31.2 Å². The Labute approximate surface area is 142 Å². The molecule has 1 N–H and O–H groups in total. The number of nitrogens with one attached hydrogen (secondary N) is 1. The van der Waals surface area contributed by atoms with Gasteiger partial charge in [0.1, 0.15) is 18.0 Å². The minimum absolute atomic E-state index is 0.554. The van der Waals surface area contributed by atoms with Crippen LogP contribution >= 0.6 is 0 Å². The fraction of sp³-hybridized carbons (Fsp3) is 0.333. The van der Waals surface area contributed by atoms with Crippen molar-refractivity contribution in [2.45, 2.75) is 6.92 Å². The maximum atomic E-state index is 4.52. The predicted molar refractivity (Wildman–Crippen MR) is 90.5 cm³/mol. The van der Waals surface area contributed by atoms with E-state index in [2.05, 4.69) is 40.8 Å². The molecule has 5 heterocycles. The van der Waals surface area contributed by atoms with Gasteiger partial charge in [-0.25, -0.2) is 0 Å². The Kier molecular flexibility index (Phi) is 3.02. The lowest BCUT2D eigenvalue weighted by molar-refractivity contribution is 0.424. The van der Waals surface area contributed by atoms with Crippen LogP contribution in [0.3, 0.4) is 0 Å². The highest BCUT2D eigenvalue weighted by Gasteiger charge is 2.28. The normalized spacial score (nSPS) is 15.0. The summed E-state index contributed by atoms with van der Waals surface area (Å²) in [5.41, 5.74) is 1.52. The van der Waals surface area contributed by atoms with Gasteiger partial charge < -0.3 is 10.2 Å². The molecule has 0 unspecified atom stereocenters. The highest BCUT2D eigenvalue weighted by atomic mass is 15.4. The summed E-state index contributed by atoms with van der Waals surface area (Å²) in [7, 11) is 0. The molecule has 0 radical (unpaired) electrons. The van der Waals surface area contributed by atoms with Crippen molar-refractivity contribution >= 4 is 22.9 Å². The van der Waals surface area contributed by atoms with E-state index in [4.69, 9.17) is 0 Å². The van der Waals surface area contributed by atoms with E-state index in [0.29, 0.717) is 5.92 Å². The fourth-order valence-electron chi connectivity index (χ4n) is 3.01. The molecule has 0 aromatic carbocycles. The molecular formula is C15H16N10. The number of rotatable bonds is 4. The lowest BCUT2D eigenvalue weighted by Gasteiger charge is -2.40. The van der Waals surface area contributed by atoms with E-state index in [1.54, 1.807) is 15.4 Å². The van der Waals surface area contributed by atoms with Crippen molar-refractivity contribution in [1.82, 2.24) is 39.6 Å². The summed E-state index contributed by atoms with van der Waals surface area (Å²) in [4.78, 5) is 2.24. The van der Waals surface area contributed by atoms with Crippen LogP contribution in [0.5, 0.6) is 0 Å². The molecule has 1 aliphatic heterocycles. The van der Waals surface area contributed by atoms with Gasteiger partial charge in [-0.2, -0.15) is 9.03 Å². The molecule has 4 aromatic heterocycles. The Morgan fingerprint density at radius 1 is 1.04 bits per heavy atom. The van der Waals surface area contributed by atoms with Crippen LogP contribution < -0.4 is 10.2 Å². The first-order valence-electron chi connectivity index (χ1n) is 8.11. The largest absolute Gasteiger partial charge is 0.368 e. The van der Waals surface area contributed by atoms with Crippen LogP contribution in [-0.2, 0) is 0 Å². The first-order chi connectivity index (χ1) is 12.3. The number of nitrogens with zero attached hydrogens (tertiary/aromatic N) is 9. The molecule has 1 aliphatic rings. The van der Waals surface area contributed by atoms with E-state index in [1.165, 1.54) is 0 Å². The second-order valence-electron chi connectivity index (χ2n) is 6.21. The number of aryl methyl sites for hydroxylation is 1. The average molecular weight is 336 g/mol. The third-order valence-electron chi connectivity index (χ3n) is 4.42. The van der Waals surface area contributed by atoms with E-state index < -0.39 is 0 Å². The van der Waals surface area contributed by atoms with Crippen LogP contribution in [0, 0.1) is 12.8 Å². The van der Waals surface area contributed by atoms with E-state index >= 15 is 0 Å². The Hall–Kier alpha value is -3.30. The molecule has 10 nitrogen and oxygen atoms in total. The monoisotopic (exact) mass is 336 g/mol. The van der Waals surface area contributed by atoms with Gasteiger partial charge >= 0.3 is 0 Å². The zero-order valence-electron chi connectivity index (χ0n) is 13.6.